The van der Waals surface area contributed by atoms with Gasteiger partial charge in [0.15, 0.2) is 5.96 Å². The maximum absolute atomic E-state index is 6.05. The molecule has 26 heavy (non-hydrogen) atoms. The SMILES string of the molecule is Cc1ccc(NC(N)=NCc2cccc(CN3CCOCC3)c2)cc1C. The number of nitrogens with two attached hydrogens (primary N) is 1. The first-order valence-electron chi connectivity index (χ1n) is 9.12. The van der Waals surface area contributed by atoms with E-state index in [4.69, 9.17) is 10.5 Å². The molecular formula is C21H28N4O. The summed E-state index contributed by atoms with van der Waals surface area (Å²) >= 11 is 0. The molecule has 3 rings (SSSR count). The highest BCUT2D eigenvalue weighted by atomic mass is 16.5. The quantitative estimate of drug-likeness (QED) is 0.641. The zero-order valence-electron chi connectivity index (χ0n) is 15.7. The van der Waals surface area contributed by atoms with Crippen molar-refractivity contribution in [2.24, 2.45) is 10.7 Å². The molecule has 0 bridgehead atoms. The van der Waals surface area contributed by atoms with Crippen LogP contribution in [0.15, 0.2) is 47.5 Å². The Hall–Kier alpha value is -2.37. The third kappa shape index (κ3) is 5.31. The van der Waals surface area contributed by atoms with Crippen LogP contribution in [0, 0.1) is 13.8 Å². The van der Waals surface area contributed by atoms with Crippen molar-refractivity contribution in [3.8, 4) is 0 Å². The molecule has 0 aromatic heterocycles. The zero-order chi connectivity index (χ0) is 18.4. The first-order valence-corrected chi connectivity index (χ1v) is 9.12. The van der Waals surface area contributed by atoms with E-state index in [9.17, 15) is 0 Å². The van der Waals surface area contributed by atoms with Gasteiger partial charge in [-0.2, -0.15) is 0 Å². The Balaban J connectivity index is 1.58. The lowest BCUT2D eigenvalue weighted by molar-refractivity contribution is 0.0342. The van der Waals surface area contributed by atoms with Crippen LogP contribution in [-0.2, 0) is 17.8 Å². The van der Waals surface area contributed by atoms with Gasteiger partial charge in [0.05, 0.1) is 19.8 Å². The molecule has 0 atom stereocenters. The number of nitrogens with zero attached hydrogens (tertiary/aromatic N) is 2. The number of aryl methyl sites for hydroxylation is 2. The Morgan fingerprint density at radius 1 is 1.08 bits per heavy atom. The average Bonchev–Trinajstić information content (AvgIpc) is 2.64. The first kappa shape index (κ1) is 18.4. The Bertz CT molecular complexity index is 766. The molecule has 0 aliphatic carbocycles. The van der Waals surface area contributed by atoms with Crippen LogP contribution in [0.3, 0.4) is 0 Å². The summed E-state index contributed by atoms with van der Waals surface area (Å²) in [5, 5.41) is 3.17. The summed E-state index contributed by atoms with van der Waals surface area (Å²) in [7, 11) is 0. The molecule has 1 heterocycles. The number of rotatable bonds is 5. The smallest absolute Gasteiger partial charge is 0.193 e. The molecule has 0 spiro atoms. The van der Waals surface area contributed by atoms with Gasteiger partial charge in [-0.1, -0.05) is 30.3 Å². The van der Waals surface area contributed by atoms with E-state index in [0.717, 1.165) is 38.5 Å². The lowest BCUT2D eigenvalue weighted by atomic mass is 10.1. The van der Waals surface area contributed by atoms with Crippen LogP contribution < -0.4 is 11.1 Å². The topological polar surface area (TPSA) is 62.9 Å². The highest BCUT2D eigenvalue weighted by Gasteiger charge is 2.10. The van der Waals surface area contributed by atoms with Gasteiger partial charge in [0, 0.05) is 25.3 Å². The third-order valence-corrected chi connectivity index (χ3v) is 4.71. The molecule has 0 amide bonds. The fraction of sp³-hybridized carbons (Fsp3) is 0.381. The number of anilines is 1. The standard InChI is InChI=1S/C21H28N4O/c1-16-6-7-20(12-17(16)2)24-21(22)23-14-18-4-3-5-19(13-18)15-25-8-10-26-11-9-25/h3-7,12-13H,8-11,14-15H2,1-2H3,(H3,22,23,24). The van der Waals surface area contributed by atoms with E-state index in [1.165, 1.54) is 22.3 Å². The Morgan fingerprint density at radius 2 is 1.85 bits per heavy atom. The van der Waals surface area contributed by atoms with Crippen molar-refractivity contribution in [1.82, 2.24) is 4.90 Å². The van der Waals surface area contributed by atoms with Crippen molar-refractivity contribution < 1.29 is 4.74 Å². The van der Waals surface area contributed by atoms with Crippen LogP contribution >= 0.6 is 0 Å². The van der Waals surface area contributed by atoms with Gasteiger partial charge in [0.2, 0.25) is 0 Å². The maximum atomic E-state index is 6.05. The van der Waals surface area contributed by atoms with Gasteiger partial charge in [-0.25, -0.2) is 4.99 Å². The molecular weight excluding hydrogens is 324 g/mol. The summed E-state index contributed by atoms with van der Waals surface area (Å²) in [5.74, 6) is 0.437. The molecule has 0 unspecified atom stereocenters. The third-order valence-electron chi connectivity index (χ3n) is 4.71. The van der Waals surface area contributed by atoms with Crippen LogP contribution in [0.1, 0.15) is 22.3 Å². The largest absolute Gasteiger partial charge is 0.379 e. The fourth-order valence-electron chi connectivity index (χ4n) is 3.03. The van der Waals surface area contributed by atoms with Crippen LogP contribution in [0.2, 0.25) is 0 Å². The molecule has 1 aliphatic rings. The summed E-state index contributed by atoms with van der Waals surface area (Å²) in [6, 6.07) is 14.7. The number of nitrogens with one attached hydrogen (secondary N) is 1. The molecule has 1 aliphatic heterocycles. The first-order chi connectivity index (χ1) is 12.6. The van der Waals surface area contributed by atoms with Crippen molar-refractivity contribution in [1.29, 1.82) is 0 Å². The molecule has 1 fully saturated rings. The summed E-state index contributed by atoms with van der Waals surface area (Å²) < 4.78 is 5.41. The number of guanidine groups is 1. The second-order valence-corrected chi connectivity index (χ2v) is 6.83. The highest BCUT2D eigenvalue weighted by molar-refractivity contribution is 5.92. The predicted molar refractivity (Wildman–Crippen MR) is 107 cm³/mol. The Kier molecular flexibility index (Phi) is 6.26. The van der Waals surface area contributed by atoms with Crippen LogP contribution in [0.4, 0.5) is 5.69 Å². The Labute approximate surface area is 155 Å². The van der Waals surface area contributed by atoms with Gasteiger partial charge in [0.25, 0.3) is 0 Å². The molecule has 0 saturated carbocycles. The molecule has 1 saturated heterocycles. The van der Waals surface area contributed by atoms with Gasteiger partial charge < -0.3 is 15.8 Å². The number of hydrogen-bond donors (Lipinski definition) is 2. The minimum atomic E-state index is 0.437. The average molecular weight is 352 g/mol. The molecule has 3 N–H and O–H groups in total. The fourth-order valence-corrected chi connectivity index (χ4v) is 3.03. The number of ether oxygens (including phenoxy) is 1. The second kappa shape index (κ2) is 8.83. The van der Waals surface area contributed by atoms with E-state index in [-0.39, 0.29) is 0 Å². The number of benzene rings is 2. The van der Waals surface area contributed by atoms with Crippen molar-refractivity contribution >= 4 is 11.6 Å². The summed E-state index contributed by atoms with van der Waals surface area (Å²) in [4.78, 5) is 6.90. The van der Waals surface area contributed by atoms with Crippen molar-refractivity contribution in [3.63, 3.8) is 0 Å². The summed E-state index contributed by atoms with van der Waals surface area (Å²) in [6.45, 7) is 9.35. The molecule has 138 valence electrons. The van der Waals surface area contributed by atoms with Gasteiger partial charge in [0.1, 0.15) is 0 Å². The normalized spacial score (nSPS) is 15.8. The number of morpholine rings is 1. The maximum Gasteiger partial charge on any atom is 0.193 e. The van der Waals surface area contributed by atoms with Crippen molar-refractivity contribution in [2.45, 2.75) is 26.9 Å². The van der Waals surface area contributed by atoms with Crippen LogP contribution in [-0.4, -0.2) is 37.2 Å². The van der Waals surface area contributed by atoms with Gasteiger partial charge in [-0.3, -0.25) is 4.90 Å². The van der Waals surface area contributed by atoms with E-state index in [1.54, 1.807) is 0 Å². The molecule has 0 radical (unpaired) electrons. The van der Waals surface area contributed by atoms with Crippen molar-refractivity contribution in [3.05, 3.63) is 64.7 Å². The van der Waals surface area contributed by atoms with E-state index < -0.39 is 0 Å². The van der Waals surface area contributed by atoms with Gasteiger partial charge >= 0.3 is 0 Å². The highest BCUT2D eigenvalue weighted by Crippen LogP contribution is 2.14. The Morgan fingerprint density at radius 3 is 2.62 bits per heavy atom. The lowest BCUT2D eigenvalue weighted by Crippen LogP contribution is -2.35. The minimum absolute atomic E-state index is 0.437. The summed E-state index contributed by atoms with van der Waals surface area (Å²) in [6.07, 6.45) is 0. The number of hydrogen-bond acceptors (Lipinski definition) is 3. The van der Waals surface area contributed by atoms with E-state index in [1.807, 2.05) is 6.07 Å². The van der Waals surface area contributed by atoms with Gasteiger partial charge in [-0.15, -0.1) is 0 Å². The molecule has 5 nitrogen and oxygen atoms in total. The lowest BCUT2D eigenvalue weighted by Gasteiger charge is -2.26. The minimum Gasteiger partial charge on any atom is -0.379 e. The van der Waals surface area contributed by atoms with Crippen LogP contribution in [0.5, 0.6) is 0 Å². The summed E-state index contributed by atoms with van der Waals surface area (Å²) in [5.41, 5.74) is 12.0. The molecule has 5 heteroatoms. The van der Waals surface area contributed by atoms with Crippen LogP contribution in [0.25, 0.3) is 0 Å². The van der Waals surface area contributed by atoms with Crippen molar-refractivity contribution in [2.75, 3.05) is 31.6 Å². The van der Waals surface area contributed by atoms with E-state index in [0.29, 0.717) is 12.5 Å². The van der Waals surface area contributed by atoms with E-state index in [2.05, 4.69) is 65.5 Å². The second-order valence-electron chi connectivity index (χ2n) is 6.83. The molecule has 2 aromatic carbocycles. The van der Waals surface area contributed by atoms with Gasteiger partial charge in [-0.05, 0) is 48.2 Å². The number of aliphatic imine (C=N–C) groups is 1. The zero-order valence-corrected chi connectivity index (χ0v) is 15.7. The molecule has 2 aromatic rings. The van der Waals surface area contributed by atoms with E-state index >= 15 is 0 Å². The monoisotopic (exact) mass is 352 g/mol. The predicted octanol–water partition coefficient (Wildman–Crippen LogP) is 3.06.